The lowest BCUT2D eigenvalue weighted by Gasteiger charge is -2.10. The number of ether oxygens (including phenoxy) is 1. The number of carbonyl (C=O) groups is 1. The molecule has 5 nitrogen and oxygen atoms in total. The molecule has 0 atom stereocenters. The molecule has 1 heterocycles. The number of nitriles is 1. The summed E-state index contributed by atoms with van der Waals surface area (Å²) in [5, 5.41) is 13.3. The highest BCUT2D eigenvalue weighted by atomic mass is 35.5. The van der Waals surface area contributed by atoms with Crippen LogP contribution in [0.5, 0.6) is 5.75 Å². The lowest BCUT2D eigenvalue weighted by Crippen LogP contribution is -2.12. The van der Waals surface area contributed by atoms with Gasteiger partial charge in [0.2, 0.25) is 5.91 Å². The highest BCUT2D eigenvalue weighted by Gasteiger charge is 2.14. The summed E-state index contributed by atoms with van der Waals surface area (Å²) in [6.45, 7) is 3.60. The number of methoxy groups -OCH3 is 1. The van der Waals surface area contributed by atoms with Gasteiger partial charge in [-0.2, -0.15) is 5.26 Å². The molecule has 1 aromatic carbocycles. The van der Waals surface area contributed by atoms with Crippen molar-refractivity contribution in [1.82, 2.24) is 4.98 Å². The van der Waals surface area contributed by atoms with Crippen LogP contribution in [0, 0.1) is 25.2 Å². The molecule has 2 rings (SSSR count). The van der Waals surface area contributed by atoms with Crippen molar-refractivity contribution in [1.29, 1.82) is 5.26 Å². The molecule has 1 amide bonds. The second-order valence-electron chi connectivity index (χ2n) is 5.30. The van der Waals surface area contributed by atoms with Crippen molar-refractivity contribution in [3.8, 4) is 11.8 Å². The molecule has 0 aliphatic carbocycles. The van der Waals surface area contributed by atoms with E-state index in [9.17, 15) is 10.1 Å². The first-order chi connectivity index (χ1) is 12.0. The number of pyridine rings is 1. The fourth-order valence-corrected chi connectivity index (χ4v) is 3.34. The van der Waals surface area contributed by atoms with Crippen LogP contribution in [-0.2, 0) is 4.79 Å². The molecule has 0 radical (unpaired) electrons. The van der Waals surface area contributed by atoms with Crippen LogP contribution >= 0.6 is 23.4 Å². The molecule has 0 fully saturated rings. The Hall–Kier alpha value is -2.23. The molecule has 2 aromatic rings. The highest BCUT2D eigenvalue weighted by Crippen LogP contribution is 2.29. The number of nitrogens with zero attached hydrogens (tertiary/aromatic N) is 2. The normalized spacial score (nSPS) is 10.2. The van der Waals surface area contributed by atoms with Gasteiger partial charge in [0.15, 0.2) is 0 Å². The smallest absolute Gasteiger partial charge is 0.225 e. The van der Waals surface area contributed by atoms with Gasteiger partial charge in [0.25, 0.3) is 0 Å². The summed E-state index contributed by atoms with van der Waals surface area (Å²) < 4.78 is 5.08. The highest BCUT2D eigenvalue weighted by molar-refractivity contribution is 7.99. The van der Waals surface area contributed by atoms with Crippen molar-refractivity contribution in [2.45, 2.75) is 25.3 Å². The zero-order chi connectivity index (χ0) is 18.4. The standard InChI is InChI=1S/C18H18ClN3O2S/c1-11-15(10-20)18(21-12(2)17(11)19)25-9-8-16(23)22-13-4-6-14(24-3)7-5-13/h4-7H,8-9H2,1-3H3,(H,22,23). The van der Waals surface area contributed by atoms with E-state index in [0.29, 0.717) is 39.2 Å². The molecule has 0 saturated heterocycles. The molecule has 130 valence electrons. The minimum absolute atomic E-state index is 0.0985. The average Bonchev–Trinajstić information content (AvgIpc) is 2.60. The first-order valence-electron chi connectivity index (χ1n) is 7.59. The van der Waals surface area contributed by atoms with Crippen LogP contribution in [0.25, 0.3) is 0 Å². The lowest BCUT2D eigenvalue weighted by molar-refractivity contribution is -0.115. The van der Waals surface area contributed by atoms with Crippen molar-refractivity contribution in [2.75, 3.05) is 18.2 Å². The molecule has 7 heteroatoms. The molecular weight excluding hydrogens is 358 g/mol. The molecule has 25 heavy (non-hydrogen) atoms. The van der Waals surface area contributed by atoms with Gasteiger partial charge in [-0.25, -0.2) is 4.98 Å². The van der Waals surface area contributed by atoms with Crippen molar-refractivity contribution in [2.24, 2.45) is 0 Å². The van der Waals surface area contributed by atoms with Gasteiger partial charge in [0, 0.05) is 17.9 Å². The first-order valence-corrected chi connectivity index (χ1v) is 8.96. The fraction of sp³-hybridized carbons (Fsp3) is 0.278. The van der Waals surface area contributed by atoms with Crippen molar-refractivity contribution in [3.05, 3.63) is 46.1 Å². The number of halogens is 1. The Morgan fingerprint density at radius 3 is 2.64 bits per heavy atom. The Morgan fingerprint density at radius 2 is 2.04 bits per heavy atom. The third-order valence-electron chi connectivity index (χ3n) is 3.56. The number of aryl methyl sites for hydroxylation is 1. The quantitative estimate of drug-likeness (QED) is 0.759. The van der Waals surface area contributed by atoms with Gasteiger partial charge in [-0.15, -0.1) is 11.8 Å². The van der Waals surface area contributed by atoms with E-state index in [-0.39, 0.29) is 5.91 Å². The summed E-state index contributed by atoms with van der Waals surface area (Å²) in [5.74, 6) is 1.15. The number of thioether (sulfide) groups is 1. The number of benzene rings is 1. The van der Waals surface area contributed by atoms with Gasteiger partial charge >= 0.3 is 0 Å². The van der Waals surface area contributed by atoms with E-state index in [4.69, 9.17) is 16.3 Å². The van der Waals surface area contributed by atoms with Crippen LogP contribution in [0.4, 0.5) is 5.69 Å². The van der Waals surface area contributed by atoms with E-state index >= 15 is 0 Å². The van der Waals surface area contributed by atoms with Crippen molar-refractivity contribution < 1.29 is 9.53 Å². The maximum atomic E-state index is 12.0. The van der Waals surface area contributed by atoms with Gasteiger partial charge in [-0.1, -0.05) is 11.6 Å². The Labute approximate surface area is 156 Å². The third-order valence-corrected chi connectivity index (χ3v) is 5.09. The number of hydrogen-bond acceptors (Lipinski definition) is 5. The minimum Gasteiger partial charge on any atom is -0.497 e. The fourth-order valence-electron chi connectivity index (χ4n) is 2.17. The molecular formula is C18H18ClN3O2S. The van der Waals surface area contributed by atoms with Crippen LogP contribution in [0.15, 0.2) is 29.3 Å². The van der Waals surface area contributed by atoms with E-state index in [1.54, 1.807) is 45.2 Å². The maximum absolute atomic E-state index is 12.0. The van der Waals surface area contributed by atoms with Gasteiger partial charge < -0.3 is 10.1 Å². The van der Waals surface area contributed by atoms with Crippen LogP contribution < -0.4 is 10.1 Å². The SMILES string of the molecule is COc1ccc(NC(=O)CCSc2nc(C)c(Cl)c(C)c2C#N)cc1. The van der Waals surface area contributed by atoms with Gasteiger partial charge in [0.05, 0.1) is 23.4 Å². The van der Waals surface area contributed by atoms with Gasteiger partial charge in [0.1, 0.15) is 16.8 Å². The van der Waals surface area contributed by atoms with Gasteiger partial charge in [-0.3, -0.25) is 4.79 Å². The van der Waals surface area contributed by atoms with E-state index in [0.717, 1.165) is 11.3 Å². The number of rotatable bonds is 6. The molecule has 1 N–H and O–H groups in total. The molecule has 0 aliphatic rings. The summed E-state index contributed by atoms with van der Waals surface area (Å²) in [5.41, 5.74) is 2.59. The zero-order valence-corrected chi connectivity index (χ0v) is 15.8. The van der Waals surface area contributed by atoms with Crippen molar-refractivity contribution >= 4 is 35.0 Å². The topological polar surface area (TPSA) is 75.0 Å². The van der Waals surface area contributed by atoms with E-state index in [1.165, 1.54) is 11.8 Å². The molecule has 0 aliphatic heterocycles. The summed E-state index contributed by atoms with van der Waals surface area (Å²) in [6.07, 6.45) is 0.309. The Kier molecular flexibility index (Phi) is 6.68. The number of nitrogens with one attached hydrogen (secondary N) is 1. The average molecular weight is 376 g/mol. The molecule has 0 bridgehead atoms. The maximum Gasteiger partial charge on any atom is 0.225 e. The Balaban J connectivity index is 1.94. The molecule has 0 unspecified atom stereocenters. The number of amides is 1. The number of hydrogen-bond donors (Lipinski definition) is 1. The van der Waals surface area contributed by atoms with E-state index < -0.39 is 0 Å². The first kappa shape index (κ1) is 19.1. The zero-order valence-electron chi connectivity index (χ0n) is 14.2. The summed E-state index contributed by atoms with van der Waals surface area (Å²) in [6, 6.07) is 9.28. The second kappa shape index (κ2) is 8.75. The summed E-state index contributed by atoms with van der Waals surface area (Å²) in [4.78, 5) is 16.4. The van der Waals surface area contributed by atoms with E-state index in [2.05, 4.69) is 16.4 Å². The number of aromatic nitrogens is 1. The van der Waals surface area contributed by atoms with Crippen LogP contribution in [0.3, 0.4) is 0 Å². The third kappa shape index (κ3) is 4.88. The summed E-state index contributed by atoms with van der Waals surface area (Å²) >= 11 is 7.51. The van der Waals surface area contributed by atoms with Crippen LogP contribution in [-0.4, -0.2) is 23.8 Å². The second-order valence-corrected chi connectivity index (χ2v) is 6.76. The largest absolute Gasteiger partial charge is 0.497 e. The van der Waals surface area contributed by atoms with Crippen molar-refractivity contribution in [3.63, 3.8) is 0 Å². The lowest BCUT2D eigenvalue weighted by atomic mass is 10.1. The Bertz CT molecular complexity index is 817. The Morgan fingerprint density at radius 1 is 1.36 bits per heavy atom. The predicted molar refractivity (Wildman–Crippen MR) is 100 cm³/mol. The number of carbonyl (C=O) groups excluding carboxylic acids is 1. The summed E-state index contributed by atoms with van der Waals surface area (Å²) in [7, 11) is 1.59. The van der Waals surface area contributed by atoms with E-state index in [1.807, 2.05) is 0 Å². The predicted octanol–water partition coefficient (Wildman–Crippen LogP) is 4.35. The van der Waals surface area contributed by atoms with Crippen LogP contribution in [0.2, 0.25) is 5.02 Å². The molecule has 0 saturated carbocycles. The van der Waals surface area contributed by atoms with Crippen LogP contribution in [0.1, 0.15) is 23.2 Å². The minimum atomic E-state index is -0.0985. The molecule has 1 aromatic heterocycles. The molecule has 0 spiro atoms. The van der Waals surface area contributed by atoms with Gasteiger partial charge in [-0.05, 0) is 43.7 Å². The number of anilines is 1. The monoisotopic (exact) mass is 375 g/mol.